The van der Waals surface area contributed by atoms with Crippen molar-refractivity contribution in [2.75, 3.05) is 14.2 Å². The Balaban J connectivity index is 1.55. The molecule has 0 bridgehead atoms. The molecule has 0 fully saturated rings. The Bertz CT molecular complexity index is 1110. The van der Waals surface area contributed by atoms with Gasteiger partial charge in [-0.15, -0.1) is 0 Å². The molecule has 0 saturated carbocycles. The first-order chi connectivity index (χ1) is 15.0. The first kappa shape index (κ1) is 21.9. The second kappa shape index (κ2) is 10.3. The minimum atomic E-state index is -0.920. The van der Waals surface area contributed by atoms with E-state index in [4.69, 9.17) is 14.2 Å². The van der Waals surface area contributed by atoms with E-state index in [0.717, 1.165) is 27.6 Å². The van der Waals surface area contributed by atoms with Gasteiger partial charge in [-0.25, -0.2) is 4.79 Å². The number of esters is 1. The van der Waals surface area contributed by atoms with Crippen LogP contribution in [-0.2, 0) is 20.9 Å². The van der Waals surface area contributed by atoms with Crippen molar-refractivity contribution in [1.82, 2.24) is 5.32 Å². The van der Waals surface area contributed by atoms with Crippen molar-refractivity contribution in [2.45, 2.75) is 19.6 Å². The highest BCUT2D eigenvalue weighted by Gasteiger charge is 2.16. The van der Waals surface area contributed by atoms with Crippen molar-refractivity contribution >= 4 is 28.7 Å². The van der Waals surface area contributed by atoms with Crippen molar-refractivity contribution in [1.29, 1.82) is 0 Å². The second-order valence-corrected chi connectivity index (χ2v) is 6.91. The summed E-state index contributed by atoms with van der Waals surface area (Å²) in [4.78, 5) is 24.4. The van der Waals surface area contributed by atoms with Gasteiger partial charge in [-0.3, -0.25) is 4.79 Å². The molecule has 0 heterocycles. The standard InChI is InChI=1S/C25H25NO5/c1-17(25(28)26-16-21-6-4-5-7-23(21)30-3)31-24(27)13-9-18-8-10-20-15-22(29-2)12-11-19(20)14-18/h4-15,17H,16H2,1-3H3,(H,26,28)/b13-9+/t17-/m0/s1. The zero-order valence-electron chi connectivity index (χ0n) is 17.8. The third-order valence-electron chi connectivity index (χ3n) is 4.79. The first-order valence-electron chi connectivity index (χ1n) is 9.86. The maximum Gasteiger partial charge on any atom is 0.331 e. The van der Waals surface area contributed by atoms with Crippen LogP contribution in [-0.4, -0.2) is 32.2 Å². The lowest BCUT2D eigenvalue weighted by atomic mass is 10.1. The number of fused-ring (bicyclic) bond motifs is 1. The predicted octanol–water partition coefficient (Wildman–Crippen LogP) is 4.12. The number of methoxy groups -OCH3 is 2. The molecule has 6 nitrogen and oxygen atoms in total. The molecule has 0 aromatic heterocycles. The lowest BCUT2D eigenvalue weighted by Gasteiger charge is -2.13. The topological polar surface area (TPSA) is 73.9 Å². The summed E-state index contributed by atoms with van der Waals surface area (Å²) >= 11 is 0. The molecule has 3 rings (SSSR count). The Labute approximate surface area is 181 Å². The van der Waals surface area contributed by atoms with E-state index >= 15 is 0 Å². The molecule has 0 saturated heterocycles. The highest BCUT2D eigenvalue weighted by Crippen LogP contribution is 2.22. The number of benzene rings is 3. The molecule has 1 N–H and O–H groups in total. The molecule has 3 aromatic rings. The molecule has 3 aromatic carbocycles. The molecule has 0 aliphatic rings. The lowest BCUT2D eigenvalue weighted by Crippen LogP contribution is -2.35. The minimum absolute atomic E-state index is 0.280. The number of nitrogens with one attached hydrogen (secondary N) is 1. The van der Waals surface area contributed by atoms with Crippen LogP contribution < -0.4 is 14.8 Å². The van der Waals surface area contributed by atoms with Crippen molar-refractivity contribution in [3.63, 3.8) is 0 Å². The lowest BCUT2D eigenvalue weighted by molar-refractivity contribution is -0.150. The van der Waals surface area contributed by atoms with Gasteiger partial charge < -0.3 is 19.5 Å². The summed E-state index contributed by atoms with van der Waals surface area (Å²) in [5.74, 6) is 0.503. The van der Waals surface area contributed by atoms with E-state index < -0.39 is 12.1 Å². The van der Waals surface area contributed by atoms with Crippen LogP contribution in [0.1, 0.15) is 18.1 Å². The summed E-state index contributed by atoms with van der Waals surface area (Å²) in [6.07, 6.45) is 2.05. The summed E-state index contributed by atoms with van der Waals surface area (Å²) in [7, 11) is 3.20. The molecule has 0 aliphatic carbocycles. The molecule has 0 radical (unpaired) electrons. The van der Waals surface area contributed by atoms with E-state index in [2.05, 4.69) is 5.32 Å². The van der Waals surface area contributed by atoms with Crippen LogP contribution in [0.3, 0.4) is 0 Å². The third-order valence-corrected chi connectivity index (χ3v) is 4.79. The molecule has 1 atom stereocenters. The highest BCUT2D eigenvalue weighted by atomic mass is 16.5. The van der Waals surface area contributed by atoms with Crippen LogP contribution in [0.15, 0.2) is 66.7 Å². The SMILES string of the molecule is COc1ccc2cc(/C=C/C(=O)O[C@@H](C)C(=O)NCc3ccccc3OC)ccc2c1. The van der Waals surface area contributed by atoms with Crippen LogP contribution in [0, 0.1) is 0 Å². The first-order valence-corrected chi connectivity index (χ1v) is 9.86. The summed E-state index contributed by atoms with van der Waals surface area (Å²) in [6.45, 7) is 1.81. The van der Waals surface area contributed by atoms with Gasteiger partial charge in [-0.05, 0) is 53.6 Å². The number of carbonyl (C=O) groups is 2. The van der Waals surface area contributed by atoms with Gasteiger partial charge in [0, 0.05) is 18.2 Å². The number of hydrogen-bond donors (Lipinski definition) is 1. The number of para-hydroxylation sites is 1. The van der Waals surface area contributed by atoms with Gasteiger partial charge in [-0.2, -0.15) is 0 Å². The van der Waals surface area contributed by atoms with Gasteiger partial charge in [0.05, 0.1) is 14.2 Å². The number of carbonyl (C=O) groups excluding carboxylic acids is 2. The predicted molar refractivity (Wildman–Crippen MR) is 120 cm³/mol. The average molecular weight is 419 g/mol. The fraction of sp³-hybridized carbons (Fsp3) is 0.200. The third kappa shape index (κ3) is 5.85. The molecule has 0 spiro atoms. The summed E-state index contributed by atoms with van der Waals surface area (Å²) < 4.78 is 15.7. The van der Waals surface area contributed by atoms with Gasteiger partial charge >= 0.3 is 5.97 Å². The average Bonchev–Trinajstić information content (AvgIpc) is 2.80. The van der Waals surface area contributed by atoms with Crippen molar-refractivity contribution in [2.24, 2.45) is 0 Å². The maximum absolute atomic E-state index is 12.3. The quantitative estimate of drug-likeness (QED) is 0.439. The van der Waals surface area contributed by atoms with E-state index in [1.54, 1.807) is 20.3 Å². The summed E-state index contributed by atoms with van der Waals surface area (Å²) in [5, 5.41) is 4.82. The van der Waals surface area contributed by atoms with Crippen LogP contribution in [0.25, 0.3) is 16.8 Å². The number of hydrogen-bond acceptors (Lipinski definition) is 5. The normalized spacial score (nSPS) is 11.8. The summed E-state index contributed by atoms with van der Waals surface area (Å²) in [5.41, 5.74) is 1.69. The van der Waals surface area contributed by atoms with E-state index in [1.807, 2.05) is 60.7 Å². The second-order valence-electron chi connectivity index (χ2n) is 6.91. The van der Waals surface area contributed by atoms with Crippen molar-refractivity contribution in [3.8, 4) is 11.5 Å². The monoisotopic (exact) mass is 419 g/mol. The Kier molecular flexibility index (Phi) is 7.27. The molecule has 31 heavy (non-hydrogen) atoms. The molecule has 6 heteroatoms. The van der Waals surface area contributed by atoms with Gasteiger partial charge in [0.25, 0.3) is 5.91 Å². The van der Waals surface area contributed by atoms with Crippen molar-refractivity contribution in [3.05, 3.63) is 77.9 Å². The Morgan fingerprint density at radius 3 is 2.48 bits per heavy atom. The largest absolute Gasteiger partial charge is 0.497 e. The van der Waals surface area contributed by atoms with Crippen LogP contribution in [0.5, 0.6) is 11.5 Å². The fourth-order valence-electron chi connectivity index (χ4n) is 3.08. The Morgan fingerprint density at radius 2 is 1.71 bits per heavy atom. The van der Waals surface area contributed by atoms with Gasteiger partial charge in [0.2, 0.25) is 0 Å². The highest BCUT2D eigenvalue weighted by molar-refractivity contribution is 5.92. The van der Waals surface area contributed by atoms with Gasteiger partial charge in [-0.1, -0.05) is 36.4 Å². The molecule has 0 unspecified atom stereocenters. The zero-order valence-corrected chi connectivity index (χ0v) is 17.8. The van der Waals surface area contributed by atoms with Crippen LogP contribution in [0.2, 0.25) is 0 Å². The minimum Gasteiger partial charge on any atom is -0.497 e. The van der Waals surface area contributed by atoms with Crippen molar-refractivity contribution < 1.29 is 23.8 Å². The van der Waals surface area contributed by atoms with Crippen LogP contribution in [0.4, 0.5) is 0 Å². The van der Waals surface area contributed by atoms with E-state index in [9.17, 15) is 9.59 Å². The number of rotatable bonds is 8. The molecule has 0 aliphatic heterocycles. The Hall–Kier alpha value is -3.80. The summed E-state index contributed by atoms with van der Waals surface area (Å²) in [6, 6.07) is 19.0. The van der Waals surface area contributed by atoms with E-state index in [0.29, 0.717) is 5.75 Å². The molecular weight excluding hydrogens is 394 g/mol. The molecular formula is C25H25NO5. The Morgan fingerprint density at radius 1 is 0.968 bits per heavy atom. The smallest absolute Gasteiger partial charge is 0.331 e. The van der Waals surface area contributed by atoms with E-state index in [-0.39, 0.29) is 12.5 Å². The van der Waals surface area contributed by atoms with Gasteiger partial charge in [0.1, 0.15) is 11.5 Å². The zero-order chi connectivity index (χ0) is 22.2. The number of amides is 1. The number of ether oxygens (including phenoxy) is 3. The molecule has 1 amide bonds. The fourth-order valence-corrected chi connectivity index (χ4v) is 3.08. The molecule has 160 valence electrons. The maximum atomic E-state index is 12.3. The van der Waals surface area contributed by atoms with Gasteiger partial charge in [0.15, 0.2) is 6.10 Å². The van der Waals surface area contributed by atoms with Crippen LogP contribution >= 0.6 is 0 Å². The van der Waals surface area contributed by atoms with E-state index in [1.165, 1.54) is 13.0 Å².